The molecule has 0 aromatic rings. The van der Waals surface area contributed by atoms with Crippen molar-refractivity contribution in [2.75, 3.05) is 13.2 Å². The lowest BCUT2D eigenvalue weighted by molar-refractivity contribution is -0.143. The number of carboxylic acids is 1. The molecular formula is C42H77N9O11. The van der Waals surface area contributed by atoms with Crippen LogP contribution in [0.4, 0.5) is 0 Å². The molecule has 12 N–H and O–H groups in total. The Balaban J connectivity index is 5.72. The maximum Gasteiger partial charge on any atom is 0.326 e. The number of aliphatic carboxylic acids is 1. The van der Waals surface area contributed by atoms with Crippen molar-refractivity contribution in [3.8, 4) is 0 Å². The number of aliphatic hydroxyl groups excluding tert-OH is 1. The first-order valence-corrected chi connectivity index (χ1v) is 21.8. The van der Waals surface area contributed by atoms with Crippen LogP contribution in [0.25, 0.3) is 0 Å². The van der Waals surface area contributed by atoms with Crippen LogP contribution in [-0.2, 0) is 43.2 Å². The fraction of sp³-hybridized carbons (Fsp3) is 0.786. The molecular weight excluding hydrogens is 807 g/mol. The van der Waals surface area contributed by atoms with Gasteiger partial charge in [0.2, 0.25) is 47.3 Å². The standard InChI is InChI=1S/C42H77N9O11/c1-14-23(10)30(43)37(56)51-34(25(12)16-3)41(60)47-28(19-52)36(55)45-26(13)35(54)49-32(22(8)9)39(58)50-31(21(6)7)38(57)44-18-29(53)48-33(24(11)15-2)40(59)46-27(42(61)62)17-20(4)5/h20-28,30-34,52H,14-19,43H2,1-13H3,(H,44,57)(H,45,55)(H,46,59)(H,47,60)(H,48,53)(H,49,54)(H,50,58)(H,51,56)(H,61,62)/t23-,24-,25-,26-,27-,28-,30-,31+,32-,33-,34-/m0/s1. The normalized spacial score (nSPS) is 16.7. The Labute approximate surface area is 366 Å². The molecule has 0 unspecified atom stereocenters. The number of carbonyl (C=O) groups is 9. The van der Waals surface area contributed by atoms with Crippen LogP contribution in [0.3, 0.4) is 0 Å². The topological polar surface area (TPSA) is 316 Å². The molecule has 0 radical (unpaired) electrons. The van der Waals surface area contributed by atoms with E-state index in [1.807, 2.05) is 34.6 Å². The molecule has 0 saturated heterocycles. The van der Waals surface area contributed by atoms with Gasteiger partial charge in [-0.25, -0.2) is 4.79 Å². The molecule has 8 amide bonds. The molecule has 0 aliphatic carbocycles. The van der Waals surface area contributed by atoms with Gasteiger partial charge in [-0.15, -0.1) is 0 Å². The molecule has 0 rings (SSSR count). The zero-order valence-electron chi connectivity index (χ0n) is 39.0. The Kier molecular flexibility index (Phi) is 25.8. The summed E-state index contributed by atoms with van der Waals surface area (Å²) in [5.74, 6) is -8.97. The SMILES string of the molecule is CC[C@H](C)[C@H](N)C(=O)N[C@H](C(=O)N[C@@H](CO)C(=O)N[C@@H](C)C(=O)N[C@H](C(=O)N[C@@H](C(=O)NCC(=O)N[C@H](C(=O)N[C@@H](CC(C)C)C(=O)O)[C@@H](C)CC)C(C)C)C(C)C)[C@@H](C)CC. The highest BCUT2D eigenvalue weighted by atomic mass is 16.4. The first-order chi connectivity index (χ1) is 28.8. The molecule has 0 aromatic carbocycles. The molecule has 0 heterocycles. The summed E-state index contributed by atoms with van der Waals surface area (Å²) >= 11 is 0. The Morgan fingerprint density at radius 1 is 0.484 bits per heavy atom. The second-order valence-corrected chi connectivity index (χ2v) is 17.4. The van der Waals surface area contributed by atoms with E-state index in [9.17, 15) is 53.4 Å². The van der Waals surface area contributed by atoms with Crippen molar-refractivity contribution in [2.45, 2.75) is 164 Å². The van der Waals surface area contributed by atoms with Crippen LogP contribution in [0.2, 0.25) is 0 Å². The van der Waals surface area contributed by atoms with Crippen molar-refractivity contribution in [1.82, 2.24) is 42.5 Å². The number of carbonyl (C=O) groups excluding carboxylic acids is 8. The van der Waals surface area contributed by atoms with Gasteiger partial charge in [0.15, 0.2) is 0 Å². The maximum atomic E-state index is 13.6. The summed E-state index contributed by atoms with van der Waals surface area (Å²) in [7, 11) is 0. The Hall–Kier alpha value is -4.85. The third-order valence-electron chi connectivity index (χ3n) is 11.0. The van der Waals surface area contributed by atoms with Crippen LogP contribution in [0, 0.1) is 35.5 Å². The highest BCUT2D eigenvalue weighted by molar-refractivity contribution is 5.97. The summed E-state index contributed by atoms with van der Waals surface area (Å²) in [4.78, 5) is 117. The van der Waals surface area contributed by atoms with Crippen molar-refractivity contribution >= 4 is 53.2 Å². The number of rotatable bonds is 28. The molecule has 356 valence electrons. The molecule has 0 aliphatic heterocycles. The highest BCUT2D eigenvalue weighted by Crippen LogP contribution is 2.13. The average Bonchev–Trinajstić information content (AvgIpc) is 3.21. The summed E-state index contributed by atoms with van der Waals surface area (Å²) < 4.78 is 0. The smallest absolute Gasteiger partial charge is 0.326 e. The van der Waals surface area contributed by atoms with Crippen LogP contribution >= 0.6 is 0 Å². The number of aliphatic hydroxyl groups is 1. The minimum Gasteiger partial charge on any atom is -0.480 e. The second-order valence-electron chi connectivity index (χ2n) is 17.4. The molecule has 0 aromatic heterocycles. The number of carboxylic acid groups (broad SMARTS) is 1. The van der Waals surface area contributed by atoms with E-state index in [2.05, 4.69) is 42.5 Å². The number of amides is 8. The van der Waals surface area contributed by atoms with E-state index in [-0.39, 0.29) is 30.1 Å². The van der Waals surface area contributed by atoms with E-state index in [1.54, 1.807) is 48.5 Å². The lowest BCUT2D eigenvalue weighted by Gasteiger charge is -2.29. The predicted octanol–water partition coefficient (Wildman–Crippen LogP) is -0.583. The fourth-order valence-corrected chi connectivity index (χ4v) is 6.05. The second kappa shape index (κ2) is 28.0. The molecule has 20 nitrogen and oxygen atoms in total. The fourth-order valence-electron chi connectivity index (χ4n) is 6.05. The van der Waals surface area contributed by atoms with Crippen molar-refractivity contribution in [3.05, 3.63) is 0 Å². The number of hydrogen-bond donors (Lipinski definition) is 11. The van der Waals surface area contributed by atoms with Crippen LogP contribution < -0.4 is 48.3 Å². The van der Waals surface area contributed by atoms with Crippen molar-refractivity contribution in [1.29, 1.82) is 0 Å². The summed E-state index contributed by atoms with van der Waals surface area (Å²) in [5.41, 5.74) is 6.06. The van der Waals surface area contributed by atoms with Gasteiger partial charge in [-0.2, -0.15) is 0 Å². The molecule has 11 atom stereocenters. The molecule has 62 heavy (non-hydrogen) atoms. The number of hydrogen-bond acceptors (Lipinski definition) is 11. The largest absolute Gasteiger partial charge is 0.480 e. The molecule has 0 fully saturated rings. The zero-order chi connectivity index (χ0) is 48.2. The monoisotopic (exact) mass is 884 g/mol. The quantitative estimate of drug-likeness (QED) is 0.0470. The maximum absolute atomic E-state index is 13.6. The lowest BCUT2D eigenvalue weighted by Crippen LogP contribution is -2.61. The highest BCUT2D eigenvalue weighted by Gasteiger charge is 2.35. The van der Waals surface area contributed by atoms with Gasteiger partial charge in [0.1, 0.15) is 42.3 Å². The van der Waals surface area contributed by atoms with Crippen LogP contribution in [-0.4, -0.2) is 125 Å². The van der Waals surface area contributed by atoms with Crippen LogP contribution in [0.1, 0.15) is 116 Å². The number of nitrogens with two attached hydrogens (primary N) is 1. The van der Waals surface area contributed by atoms with Crippen LogP contribution in [0.5, 0.6) is 0 Å². The van der Waals surface area contributed by atoms with Gasteiger partial charge in [-0.1, -0.05) is 102 Å². The van der Waals surface area contributed by atoms with Gasteiger partial charge in [0.25, 0.3) is 0 Å². The van der Waals surface area contributed by atoms with E-state index in [1.165, 1.54) is 6.92 Å². The van der Waals surface area contributed by atoms with Gasteiger partial charge in [0, 0.05) is 0 Å². The number of nitrogens with one attached hydrogen (secondary N) is 8. The van der Waals surface area contributed by atoms with E-state index >= 15 is 0 Å². The van der Waals surface area contributed by atoms with Gasteiger partial charge in [-0.3, -0.25) is 38.4 Å². The predicted molar refractivity (Wildman–Crippen MR) is 232 cm³/mol. The summed E-state index contributed by atoms with van der Waals surface area (Å²) in [6.07, 6.45) is 1.79. The first kappa shape index (κ1) is 57.1. The Bertz CT molecular complexity index is 1530. The first-order valence-electron chi connectivity index (χ1n) is 21.8. The van der Waals surface area contributed by atoms with Crippen molar-refractivity contribution < 1.29 is 53.4 Å². The third-order valence-corrected chi connectivity index (χ3v) is 11.0. The van der Waals surface area contributed by atoms with Crippen LogP contribution in [0.15, 0.2) is 0 Å². The third kappa shape index (κ3) is 19.0. The molecule has 0 aliphatic rings. The van der Waals surface area contributed by atoms with Gasteiger partial charge >= 0.3 is 5.97 Å². The van der Waals surface area contributed by atoms with E-state index in [0.717, 1.165) is 0 Å². The minimum absolute atomic E-state index is 0.0222. The van der Waals surface area contributed by atoms with Crippen molar-refractivity contribution in [3.63, 3.8) is 0 Å². The van der Waals surface area contributed by atoms with Crippen molar-refractivity contribution in [2.24, 2.45) is 41.2 Å². The van der Waals surface area contributed by atoms with E-state index in [4.69, 9.17) is 5.73 Å². The van der Waals surface area contributed by atoms with Gasteiger partial charge in [0.05, 0.1) is 19.2 Å². The Morgan fingerprint density at radius 2 is 0.903 bits per heavy atom. The Morgan fingerprint density at radius 3 is 1.34 bits per heavy atom. The lowest BCUT2D eigenvalue weighted by atomic mass is 9.95. The minimum atomic E-state index is -1.50. The molecule has 20 heteroatoms. The summed E-state index contributed by atoms with van der Waals surface area (Å²) in [6, 6.07) is -9.32. The van der Waals surface area contributed by atoms with E-state index in [0.29, 0.717) is 19.3 Å². The molecule has 0 bridgehead atoms. The zero-order valence-corrected chi connectivity index (χ0v) is 39.0. The van der Waals surface area contributed by atoms with E-state index < -0.39 is 127 Å². The van der Waals surface area contributed by atoms with Gasteiger partial charge in [-0.05, 0) is 48.9 Å². The molecule has 0 spiro atoms. The summed E-state index contributed by atoms with van der Waals surface area (Å²) in [5, 5.41) is 39.8. The average molecular weight is 884 g/mol. The van der Waals surface area contributed by atoms with Gasteiger partial charge < -0.3 is 58.5 Å². The molecule has 0 saturated carbocycles. The summed E-state index contributed by atoms with van der Waals surface area (Å²) in [6.45, 7) is 20.9.